The molecule has 7 nitrogen and oxygen atoms in total. The van der Waals surface area contributed by atoms with Crippen LogP contribution in [0.5, 0.6) is 0 Å². The second kappa shape index (κ2) is 5.03. The molecule has 0 fully saturated rings. The van der Waals surface area contributed by atoms with E-state index in [1.807, 2.05) is 0 Å². The first-order chi connectivity index (χ1) is 6.26. The fourth-order valence-corrected chi connectivity index (χ4v) is 1.60. The van der Waals surface area contributed by atoms with Crippen molar-refractivity contribution in [3.8, 4) is 0 Å². The molecule has 1 atom stereocenters. The summed E-state index contributed by atoms with van der Waals surface area (Å²) in [5.74, 6) is -4.44. The van der Waals surface area contributed by atoms with E-state index in [0.29, 0.717) is 0 Å². The average Bonchev–Trinajstić information content (AvgIpc) is 2.00. The number of hydrogen-bond donors (Lipinski definition) is 3. The standard InChI is InChI=1S/C6H11NO6S/c7-2-5(8)1-4(6(9)10)3-14(11,12)13/h4H,1-3,7H2,(H,9,10)(H,11,12,13). The SMILES string of the molecule is NCC(=O)CC(CS(=O)(=O)O)C(=O)O. The van der Waals surface area contributed by atoms with Crippen LogP contribution in [0.15, 0.2) is 0 Å². The van der Waals surface area contributed by atoms with Gasteiger partial charge in [0.2, 0.25) is 0 Å². The third kappa shape index (κ3) is 5.62. The molecular formula is C6H11NO6S. The van der Waals surface area contributed by atoms with Gasteiger partial charge in [-0.05, 0) is 0 Å². The van der Waals surface area contributed by atoms with E-state index in [0.717, 1.165) is 0 Å². The number of nitrogens with two attached hydrogens (primary N) is 1. The van der Waals surface area contributed by atoms with Crippen LogP contribution in [0.4, 0.5) is 0 Å². The van der Waals surface area contributed by atoms with E-state index >= 15 is 0 Å². The van der Waals surface area contributed by atoms with Gasteiger partial charge in [0.25, 0.3) is 10.1 Å². The molecule has 0 saturated carbocycles. The molecule has 0 aromatic carbocycles. The summed E-state index contributed by atoms with van der Waals surface area (Å²) in [6.07, 6.45) is -0.494. The maximum Gasteiger partial charge on any atom is 0.308 e. The summed E-state index contributed by atoms with van der Waals surface area (Å²) in [7, 11) is -4.40. The summed E-state index contributed by atoms with van der Waals surface area (Å²) in [6.45, 7) is -0.352. The lowest BCUT2D eigenvalue weighted by molar-refractivity contribution is -0.142. The third-order valence-corrected chi connectivity index (χ3v) is 2.29. The van der Waals surface area contributed by atoms with Gasteiger partial charge in [0.05, 0.1) is 18.2 Å². The van der Waals surface area contributed by atoms with Gasteiger partial charge in [0, 0.05) is 6.42 Å². The van der Waals surface area contributed by atoms with Crippen LogP contribution in [-0.2, 0) is 19.7 Å². The lowest BCUT2D eigenvalue weighted by Gasteiger charge is -2.08. The predicted molar refractivity (Wildman–Crippen MR) is 46.2 cm³/mol. The summed E-state index contributed by atoms with van der Waals surface area (Å²) in [6, 6.07) is 0. The number of aliphatic carboxylic acids is 1. The number of carbonyl (C=O) groups is 2. The minimum absolute atomic E-state index is 0.352. The summed E-state index contributed by atoms with van der Waals surface area (Å²) in [4.78, 5) is 21.2. The maximum absolute atomic E-state index is 10.7. The van der Waals surface area contributed by atoms with Crippen LogP contribution in [-0.4, -0.2) is 42.1 Å². The van der Waals surface area contributed by atoms with E-state index < -0.39 is 40.0 Å². The van der Waals surface area contributed by atoms with Crippen LogP contribution in [0, 0.1) is 5.92 Å². The fraction of sp³-hybridized carbons (Fsp3) is 0.667. The molecule has 0 aliphatic heterocycles. The van der Waals surface area contributed by atoms with E-state index in [9.17, 15) is 18.0 Å². The number of carbonyl (C=O) groups excluding carboxylic acids is 1. The van der Waals surface area contributed by atoms with Crippen LogP contribution in [0.25, 0.3) is 0 Å². The molecule has 14 heavy (non-hydrogen) atoms. The van der Waals surface area contributed by atoms with E-state index in [-0.39, 0.29) is 6.54 Å². The maximum atomic E-state index is 10.7. The minimum atomic E-state index is -4.40. The molecule has 0 bridgehead atoms. The molecule has 0 aliphatic rings. The fourth-order valence-electron chi connectivity index (χ4n) is 0.830. The Morgan fingerprint density at radius 2 is 1.86 bits per heavy atom. The van der Waals surface area contributed by atoms with Gasteiger partial charge in [-0.3, -0.25) is 14.1 Å². The van der Waals surface area contributed by atoms with Gasteiger partial charge < -0.3 is 10.8 Å². The molecule has 82 valence electrons. The molecule has 0 spiro atoms. The van der Waals surface area contributed by atoms with Crippen LogP contribution in [0.3, 0.4) is 0 Å². The molecular weight excluding hydrogens is 214 g/mol. The highest BCUT2D eigenvalue weighted by atomic mass is 32.2. The van der Waals surface area contributed by atoms with Crippen LogP contribution in [0.1, 0.15) is 6.42 Å². The molecule has 8 heteroatoms. The van der Waals surface area contributed by atoms with Crippen molar-refractivity contribution in [2.75, 3.05) is 12.3 Å². The highest BCUT2D eigenvalue weighted by Crippen LogP contribution is 2.07. The lowest BCUT2D eigenvalue weighted by atomic mass is 10.1. The molecule has 4 N–H and O–H groups in total. The van der Waals surface area contributed by atoms with Crippen molar-refractivity contribution in [3.63, 3.8) is 0 Å². The molecule has 0 aromatic rings. The number of carboxylic acids is 1. The number of rotatable bonds is 6. The number of carboxylic acid groups (broad SMARTS) is 1. The summed E-state index contributed by atoms with van der Waals surface area (Å²) >= 11 is 0. The van der Waals surface area contributed by atoms with Gasteiger partial charge in [0.15, 0.2) is 0 Å². The zero-order valence-electron chi connectivity index (χ0n) is 7.21. The van der Waals surface area contributed by atoms with Crippen molar-refractivity contribution in [3.05, 3.63) is 0 Å². The Labute approximate surface area is 80.6 Å². The monoisotopic (exact) mass is 225 g/mol. The molecule has 0 amide bonds. The van der Waals surface area contributed by atoms with Gasteiger partial charge in [-0.2, -0.15) is 8.42 Å². The van der Waals surface area contributed by atoms with Gasteiger partial charge in [-0.1, -0.05) is 0 Å². The van der Waals surface area contributed by atoms with E-state index in [1.54, 1.807) is 0 Å². The second-order valence-electron chi connectivity index (χ2n) is 2.73. The van der Waals surface area contributed by atoms with Crippen molar-refractivity contribution >= 4 is 21.9 Å². The Morgan fingerprint density at radius 3 is 2.14 bits per heavy atom. The van der Waals surface area contributed by atoms with Crippen molar-refractivity contribution in [2.45, 2.75) is 6.42 Å². The van der Waals surface area contributed by atoms with Crippen molar-refractivity contribution < 1.29 is 27.7 Å². The molecule has 0 saturated heterocycles. The Hall–Kier alpha value is -0.990. The zero-order valence-corrected chi connectivity index (χ0v) is 8.03. The highest BCUT2D eigenvalue weighted by molar-refractivity contribution is 7.85. The first kappa shape index (κ1) is 13.0. The summed E-state index contributed by atoms with van der Waals surface area (Å²) in [5, 5.41) is 8.51. The van der Waals surface area contributed by atoms with Crippen molar-refractivity contribution in [1.82, 2.24) is 0 Å². The van der Waals surface area contributed by atoms with E-state index in [1.165, 1.54) is 0 Å². The number of hydrogen-bond acceptors (Lipinski definition) is 5. The predicted octanol–water partition coefficient (Wildman–Crippen LogP) is -1.51. The third-order valence-electron chi connectivity index (χ3n) is 1.46. The molecule has 0 aromatic heterocycles. The topological polar surface area (TPSA) is 135 Å². The zero-order chi connectivity index (χ0) is 11.4. The summed E-state index contributed by atoms with van der Waals surface area (Å²) in [5.41, 5.74) is 4.93. The Balaban J connectivity index is 4.47. The molecule has 1 unspecified atom stereocenters. The Kier molecular flexibility index (Phi) is 4.68. The largest absolute Gasteiger partial charge is 0.481 e. The highest BCUT2D eigenvalue weighted by Gasteiger charge is 2.25. The Bertz CT molecular complexity index is 321. The van der Waals surface area contributed by atoms with Gasteiger partial charge >= 0.3 is 5.97 Å². The molecule has 0 heterocycles. The van der Waals surface area contributed by atoms with Crippen LogP contribution < -0.4 is 5.73 Å². The molecule has 0 radical (unpaired) electrons. The first-order valence-electron chi connectivity index (χ1n) is 3.66. The molecule has 0 aliphatic carbocycles. The average molecular weight is 225 g/mol. The van der Waals surface area contributed by atoms with E-state index in [4.69, 9.17) is 15.4 Å². The lowest BCUT2D eigenvalue weighted by Crippen LogP contribution is -2.28. The first-order valence-corrected chi connectivity index (χ1v) is 5.27. The van der Waals surface area contributed by atoms with Crippen LogP contribution in [0.2, 0.25) is 0 Å². The smallest absolute Gasteiger partial charge is 0.308 e. The second-order valence-corrected chi connectivity index (χ2v) is 4.23. The number of ketones is 1. The van der Waals surface area contributed by atoms with Crippen molar-refractivity contribution in [1.29, 1.82) is 0 Å². The van der Waals surface area contributed by atoms with Crippen molar-refractivity contribution in [2.24, 2.45) is 11.7 Å². The van der Waals surface area contributed by atoms with E-state index in [2.05, 4.69) is 0 Å². The van der Waals surface area contributed by atoms with Gasteiger partial charge in [-0.25, -0.2) is 0 Å². The van der Waals surface area contributed by atoms with Gasteiger partial charge in [-0.15, -0.1) is 0 Å². The summed E-state index contributed by atoms with van der Waals surface area (Å²) < 4.78 is 29.1. The minimum Gasteiger partial charge on any atom is -0.481 e. The van der Waals surface area contributed by atoms with Crippen LogP contribution >= 0.6 is 0 Å². The Morgan fingerprint density at radius 1 is 1.36 bits per heavy atom. The van der Waals surface area contributed by atoms with Gasteiger partial charge in [0.1, 0.15) is 5.78 Å². The number of Topliss-reactive ketones (excluding diaryl/α,β-unsaturated/α-hetero) is 1. The normalized spacial score (nSPS) is 13.6. The molecule has 0 rings (SSSR count). The quantitative estimate of drug-likeness (QED) is 0.468.